The van der Waals surface area contributed by atoms with Crippen LogP contribution in [0.3, 0.4) is 0 Å². The van der Waals surface area contributed by atoms with Crippen molar-refractivity contribution in [3.8, 4) is 0 Å². The number of nitrogens with one attached hydrogen (secondary N) is 1. The van der Waals surface area contributed by atoms with Crippen molar-refractivity contribution >= 4 is 0 Å². The average Bonchev–Trinajstić information content (AvgIpc) is 2.46. The Hall–Kier alpha value is -1.74. The summed E-state index contributed by atoms with van der Waals surface area (Å²) < 4.78 is 27.3. The van der Waals surface area contributed by atoms with Crippen LogP contribution in [0.1, 0.15) is 35.2 Å². The molecule has 0 aliphatic heterocycles. The van der Waals surface area contributed by atoms with E-state index < -0.39 is 11.6 Å². The molecule has 0 radical (unpaired) electrons. The molecule has 3 heteroatoms. The molecule has 0 aliphatic carbocycles. The van der Waals surface area contributed by atoms with Crippen LogP contribution in [0.4, 0.5) is 8.78 Å². The van der Waals surface area contributed by atoms with Gasteiger partial charge in [-0.3, -0.25) is 0 Å². The highest BCUT2D eigenvalue weighted by Crippen LogP contribution is 2.24. The van der Waals surface area contributed by atoms with Crippen LogP contribution in [0.25, 0.3) is 0 Å². The van der Waals surface area contributed by atoms with Gasteiger partial charge in [-0.2, -0.15) is 0 Å². The number of likely N-dealkylation sites (N-methyl/N-ethyl adjacent to an activating group) is 1. The Morgan fingerprint density at radius 1 is 1.10 bits per heavy atom. The molecule has 0 aliphatic rings. The first-order valence-corrected chi connectivity index (χ1v) is 7.26. The third-order valence-corrected chi connectivity index (χ3v) is 3.72. The summed E-state index contributed by atoms with van der Waals surface area (Å²) >= 11 is 0. The maximum Gasteiger partial charge on any atom is 0.162 e. The van der Waals surface area contributed by atoms with Crippen LogP contribution < -0.4 is 5.32 Å². The SMILES string of the molecule is CCNC(Cc1cccc(F)c1F)c1cc(C)ccc1C. The van der Waals surface area contributed by atoms with E-state index in [-0.39, 0.29) is 6.04 Å². The lowest BCUT2D eigenvalue weighted by Gasteiger charge is -2.21. The molecule has 0 saturated heterocycles. The number of halogens is 2. The third-order valence-electron chi connectivity index (χ3n) is 3.72. The van der Waals surface area contributed by atoms with E-state index >= 15 is 0 Å². The molecule has 0 amide bonds. The maximum absolute atomic E-state index is 13.9. The molecule has 1 atom stereocenters. The van der Waals surface area contributed by atoms with Crippen LogP contribution in [-0.2, 0) is 6.42 Å². The van der Waals surface area contributed by atoms with Gasteiger partial charge in [0, 0.05) is 6.04 Å². The number of aryl methyl sites for hydroxylation is 2. The zero-order chi connectivity index (χ0) is 15.4. The molecule has 2 aromatic rings. The molecule has 2 rings (SSSR count). The molecule has 1 unspecified atom stereocenters. The van der Waals surface area contributed by atoms with Gasteiger partial charge in [0.2, 0.25) is 0 Å². The first-order chi connectivity index (χ1) is 10.0. The fourth-order valence-corrected chi connectivity index (χ4v) is 2.60. The van der Waals surface area contributed by atoms with Crippen LogP contribution in [0.5, 0.6) is 0 Å². The maximum atomic E-state index is 13.9. The lowest BCUT2D eigenvalue weighted by Crippen LogP contribution is -2.24. The summed E-state index contributed by atoms with van der Waals surface area (Å²) in [5, 5.41) is 3.37. The van der Waals surface area contributed by atoms with Gasteiger partial charge in [-0.1, -0.05) is 42.8 Å². The van der Waals surface area contributed by atoms with Crippen LogP contribution >= 0.6 is 0 Å². The highest BCUT2D eigenvalue weighted by Gasteiger charge is 2.17. The van der Waals surface area contributed by atoms with Crippen molar-refractivity contribution < 1.29 is 8.78 Å². The van der Waals surface area contributed by atoms with Crippen LogP contribution in [-0.4, -0.2) is 6.54 Å². The van der Waals surface area contributed by atoms with Crippen molar-refractivity contribution in [1.82, 2.24) is 5.32 Å². The quantitative estimate of drug-likeness (QED) is 0.856. The summed E-state index contributed by atoms with van der Waals surface area (Å²) in [6, 6.07) is 10.6. The zero-order valence-electron chi connectivity index (χ0n) is 12.7. The molecule has 0 aromatic heterocycles. The second kappa shape index (κ2) is 6.81. The highest BCUT2D eigenvalue weighted by atomic mass is 19.2. The van der Waals surface area contributed by atoms with E-state index in [9.17, 15) is 8.78 Å². The van der Waals surface area contributed by atoms with Gasteiger partial charge in [0.05, 0.1) is 0 Å². The molecule has 0 fully saturated rings. The fraction of sp³-hybridized carbons (Fsp3) is 0.333. The molecular formula is C18H21F2N. The first kappa shape index (κ1) is 15.6. The number of hydrogen-bond acceptors (Lipinski definition) is 1. The van der Waals surface area contributed by atoms with Gasteiger partial charge in [0.25, 0.3) is 0 Å². The largest absolute Gasteiger partial charge is 0.310 e. The summed E-state index contributed by atoms with van der Waals surface area (Å²) in [4.78, 5) is 0. The van der Waals surface area contributed by atoms with Crippen molar-refractivity contribution in [3.63, 3.8) is 0 Å². The normalized spacial score (nSPS) is 12.4. The van der Waals surface area contributed by atoms with E-state index in [0.29, 0.717) is 12.0 Å². The van der Waals surface area contributed by atoms with E-state index in [0.717, 1.165) is 23.7 Å². The monoisotopic (exact) mass is 289 g/mol. The predicted octanol–water partition coefficient (Wildman–Crippen LogP) is 4.47. The van der Waals surface area contributed by atoms with Gasteiger partial charge in [-0.25, -0.2) is 8.78 Å². The van der Waals surface area contributed by atoms with Crippen molar-refractivity contribution in [2.75, 3.05) is 6.54 Å². The minimum absolute atomic E-state index is 0.0220. The molecule has 0 heterocycles. The average molecular weight is 289 g/mol. The van der Waals surface area contributed by atoms with E-state index in [1.54, 1.807) is 12.1 Å². The second-order valence-corrected chi connectivity index (χ2v) is 5.39. The fourth-order valence-electron chi connectivity index (χ4n) is 2.60. The van der Waals surface area contributed by atoms with Gasteiger partial charge in [0.15, 0.2) is 11.6 Å². The summed E-state index contributed by atoms with van der Waals surface area (Å²) in [5.74, 6) is -1.53. The lowest BCUT2D eigenvalue weighted by molar-refractivity contribution is 0.480. The Morgan fingerprint density at radius 3 is 2.57 bits per heavy atom. The number of benzene rings is 2. The Labute approximate surface area is 125 Å². The van der Waals surface area contributed by atoms with Gasteiger partial charge < -0.3 is 5.32 Å². The number of rotatable bonds is 5. The zero-order valence-corrected chi connectivity index (χ0v) is 12.7. The standard InChI is InChI=1S/C18H21F2N/c1-4-21-17(15-10-12(2)8-9-13(15)3)11-14-6-5-7-16(19)18(14)20/h5-10,17,21H,4,11H2,1-3H3. The van der Waals surface area contributed by atoms with Crippen LogP contribution in [0.15, 0.2) is 36.4 Å². The van der Waals surface area contributed by atoms with Gasteiger partial charge in [-0.15, -0.1) is 0 Å². The summed E-state index contributed by atoms with van der Waals surface area (Å²) in [6.07, 6.45) is 0.432. The molecule has 1 N–H and O–H groups in total. The molecule has 0 spiro atoms. The Bertz CT molecular complexity index is 623. The molecule has 21 heavy (non-hydrogen) atoms. The predicted molar refractivity (Wildman–Crippen MR) is 82.4 cm³/mol. The van der Waals surface area contributed by atoms with Gasteiger partial charge in [-0.05, 0) is 49.6 Å². The van der Waals surface area contributed by atoms with Crippen molar-refractivity contribution in [3.05, 3.63) is 70.3 Å². The van der Waals surface area contributed by atoms with Gasteiger partial charge >= 0.3 is 0 Å². The topological polar surface area (TPSA) is 12.0 Å². The first-order valence-electron chi connectivity index (χ1n) is 7.26. The summed E-state index contributed by atoms with van der Waals surface area (Å²) in [6.45, 7) is 6.87. The Morgan fingerprint density at radius 2 is 1.86 bits per heavy atom. The Balaban J connectivity index is 2.35. The summed E-state index contributed by atoms with van der Waals surface area (Å²) in [7, 11) is 0. The van der Waals surface area contributed by atoms with Crippen LogP contribution in [0.2, 0.25) is 0 Å². The molecule has 0 bridgehead atoms. The molecule has 112 valence electrons. The van der Waals surface area contributed by atoms with E-state index in [1.807, 2.05) is 20.8 Å². The van der Waals surface area contributed by atoms with Crippen molar-refractivity contribution in [1.29, 1.82) is 0 Å². The van der Waals surface area contributed by atoms with Crippen molar-refractivity contribution in [2.24, 2.45) is 0 Å². The van der Waals surface area contributed by atoms with E-state index in [1.165, 1.54) is 5.56 Å². The van der Waals surface area contributed by atoms with E-state index in [2.05, 4.69) is 23.5 Å². The Kier molecular flexibility index (Phi) is 5.07. The third kappa shape index (κ3) is 3.67. The molecule has 2 aromatic carbocycles. The smallest absolute Gasteiger partial charge is 0.162 e. The summed E-state index contributed by atoms with van der Waals surface area (Å²) in [5.41, 5.74) is 3.86. The lowest BCUT2D eigenvalue weighted by atomic mass is 9.93. The molecule has 0 saturated carbocycles. The van der Waals surface area contributed by atoms with Crippen LogP contribution in [0, 0.1) is 25.5 Å². The van der Waals surface area contributed by atoms with Gasteiger partial charge in [0.1, 0.15) is 0 Å². The number of hydrogen-bond donors (Lipinski definition) is 1. The van der Waals surface area contributed by atoms with E-state index in [4.69, 9.17) is 0 Å². The molecular weight excluding hydrogens is 268 g/mol. The second-order valence-electron chi connectivity index (χ2n) is 5.39. The molecule has 1 nitrogen and oxygen atoms in total. The highest BCUT2D eigenvalue weighted by molar-refractivity contribution is 5.34. The minimum Gasteiger partial charge on any atom is -0.310 e. The minimum atomic E-state index is -0.788. The van der Waals surface area contributed by atoms with Crippen molar-refractivity contribution in [2.45, 2.75) is 33.2 Å².